The second-order valence-electron chi connectivity index (χ2n) is 4.49. The summed E-state index contributed by atoms with van der Waals surface area (Å²) in [5, 5.41) is 0.258. The van der Waals surface area contributed by atoms with Crippen molar-refractivity contribution in [2.45, 2.75) is 20.3 Å². The number of carbonyl (C=O) groups is 2. The Morgan fingerprint density at radius 2 is 2.37 bits per heavy atom. The van der Waals surface area contributed by atoms with Gasteiger partial charge in [-0.1, -0.05) is 11.8 Å². The first-order valence-electron chi connectivity index (χ1n) is 5.90. The smallest absolute Gasteiger partial charge is 0.227 e. The van der Waals surface area contributed by atoms with Crippen LogP contribution in [0.5, 0.6) is 0 Å². The molecule has 0 N–H and O–H groups in total. The molecular weight excluding hydrogens is 286 g/mol. The van der Waals surface area contributed by atoms with Crippen LogP contribution in [0.1, 0.15) is 19.0 Å². The maximum atomic E-state index is 12.0. The van der Waals surface area contributed by atoms with Gasteiger partial charge in [0.15, 0.2) is 5.12 Å². The SMILES string of the molecule is CC(=O)SCC1CC(=O)N(c2cnc(Cl)nc2C)C1. The zero-order chi connectivity index (χ0) is 14.0. The van der Waals surface area contributed by atoms with Crippen molar-refractivity contribution in [3.63, 3.8) is 0 Å². The quantitative estimate of drug-likeness (QED) is 0.800. The van der Waals surface area contributed by atoms with E-state index in [0.29, 0.717) is 30.1 Å². The average molecular weight is 300 g/mol. The first-order chi connectivity index (χ1) is 8.97. The standard InChI is InChI=1S/C12H14ClN3O2S/c1-7-10(4-14-12(13)15-7)16-5-9(3-11(16)18)6-19-8(2)17/h4,9H,3,5-6H2,1-2H3. The molecule has 2 rings (SSSR count). The Morgan fingerprint density at radius 3 is 3.00 bits per heavy atom. The number of thioether (sulfide) groups is 1. The number of carbonyl (C=O) groups excluding carboxylic acids is 2. The molecule has 0 aromatic carbocycles. The van der Waals surface area contributed by atoms with E-state index in [9.17, 15) is 9.59 Å². The van der Waals surface area contributed by atoms with Gasteiger partial charge < -0.3 is 4.90 Å². The van der Waals surface area contributed by atoms with E-state index in [2.05, 4.69) is 9.97 Å². The second kappa shape index (κ2) is 5.88. The molecule has 5 nitrogen and oxygen atoms in total. The highest BCUT2D eigenvalue weighted by molar-refractivity contribution is 8.13. The van der Waals surface area contributed by atoms with Crippen molar-refractivity contribution in [1.82, 2.24) is 9.97 Å². The fourth-order valence-electron chi connectivity index (χ4n) is 2.06. The summed E-state index contributed by atoms with van der Waals surface area (Å²) < 4.78 is 0. The van der Waals surface area contributed by atoms with Gasteiger partial charge in [-0.15, -0.1) is 0 Å². The molecule has 1 amide bonds. The van der Waals surface area contributed by atoms with Crippen LogP contribution in [0.3, 0.4) is 0 Å². The monoisotopic (exact) mass is 299 g/mol. The molecule has 1 aliphatic rings. The number of rotatable bonds is 3. The van der Waals surface area contributed by atoms with Gasteiger partial charge >= 0.3 is 0 Å². The number of nitrogens with zero attached hydrogens (tertiary/aromatic N) is 3. The van der Waals surface area contributed by atoms with Gasteiger partial charge in [0, 0.05) is 25.6 Å². The van der Waals surface area contributed by atoms with Crippen molar-refractivity contribution in [3.05, 3.63) is 17.2 Å². The Hall–Kier alpha value is -1.14. The third-order valence-corrected chi connectivity index (χ3v) is 4.17. The van der Waals surface area contributed by atoms with Crippen molar-refractivity contribution >= 4 is 40.1 Å². The topological polar surface area (TPSA) is 63.2 Å². The van der Waals surface area contributed by atoms with E-state index in [0.717, 1.165) is 0 Å². The molecule has 1 aliphatic heterocycles. The van der Waals surface area contributed by atoms with Crippen LogP contribution >= 0.6 is 23.4 Å². The summed E-state index contributed by atoms with van der Waals surface area (Å²) in [4.78, 5) is 32.6. The van der Waals surface area contributed by atoms with Crippen LogP contribution in [0.15, 0.2) is 6.20 Å². The normalized spacial score (nSPS) is 19.0. The molecule has 7 heteroatoms. The molecule has 19 heavy (non-hydrogen) atoms. The molecule has 1 aromatic heterocycles. The third kappa shape index (κ3) is 3.45. The minimum Gasteiger partial charge on any atom is -0.309 e. The Bertz CT molecular complexity index is 524. The number of hydrogen-bond donors (Lipinski definition) is 0. The van der Waals surface area contributed by atoms with Crippen LogP contribution in [-0.2, 0) is 9.59 Å². The van der Waals surface area contributed by atoms with Gasteiger partial charge in [-0.2, -0.15) is 0 Å². The van der Waals surface area contributed by atoms with E-state index in [1.807, 2.05) is 0 Å². The largest absolute Gasteiger partial charge is 0.309 e. The lowest BCUT2D eigenvalue weighted by Crippen LogP contribution is -2.26. The predicted molar refractivity (Wildman–Crippen MR) is 75.4 cm³/mol. The van der Waals surface area contributed by atoms with Gasteiger partial charge in [0.2, 0.25) is 11.2 Å². The minimum atomic E-state index is 0.0446. The first-order valence-corrected chi connectivity index (χ1v) is 7.26. The highest BCUT2D eigenvalue weighted by atomic mass is 35.5. The van der Waals surface area contributed by atoms with Gasteiger partial charge in [-0.05, 0) is 24.4 Å². The molecular formula is C12H14ClN3O2S. The van der Waals surface area contributed by atoms with Crippen LogP contribution in [0, 0.1) is 12.8 Å². The van der Waals surface area contributed by atoms with Crippen LogP contribution in [0.25, 0.3) is 0 Å². The zero-order valence-corrected chi connectivity index (χ0v) is 12.3. The van der Waals surface area contributed by atoms with Gasteiger partial charge in [0.1, 0.15) is 0 Å². The maximum Gasteiger partial charge on any atom is 0.227 e. The summed E-state index contributed by atoms with van der Waals surface area (Å²) in [6, 6.07) is 0. The molecule has 1 saturated heterocycles. The first kappa shape index (κ1) is 14.3. The van der Waals surface area contributed by atoms with Crippen LogP contribution < -0.4 is 4.90 Å². The zero-order valence-electron chi connectivity index (χ0n) is 10.7. The van der Waals surface area contributed by atoms with Crippen LogP contribution in [-0.4, -0.2) is 33.3 Å². The number of aryl methyl sites for hydroxylation is 1. The van der Waals surface area contributed by atoms with E-state index in [-0.39, 0.29) is 22.2 Å². The number of amides is 1. The van der Waals surface area contributed by atoms with Crippen molar-refractivity contribution in [2.75, 3.05) is 17.2 Å². The number of halogens is 1. The number of hydrogen-bond acceptors (Lipinski definition) is 5. The van der Waals surface area contributed by atoms with Gasteiger partial charge in [0.25, 0.3) is 0 Å². The van der Waals surface area contributed by atoms with Crippen molar-refractivity contribution in [3.8, 4) is 0 Å². The van der Waals surface area contributed by atoms with E-state index >= 15 is 0 Å². The van der Waals surface area contributed by atoms with Gasteiger partial charge in [0.05, 0.1) is 17.6 Å². The highest BCUT2D eigenvalue weighted by Crippen LogP contribution is 2.28. The molecule has 1 unspecified atom stereocenters. The van der Waals surface area contributed by atoms with Crippen LogP contribution in [0.4, 0.5) is 5.69 Å². The molecule has 1 aromatic rings. The lowest BCUT2D eigenvalue weighted by molar-refractivity contribution is -0.117. The molecule has 0 aliphatic carbocycles. The van der Waals surface area contributed by atoms with E-state index in [1.54, 1.807) is 18.0 Å². The van der Waals surface area contributed by atoms with E-state index in [1.165, 1.54) is 18.7 Å². The van der Waals surface area contributed by atoms with Crippen LogP contribution in [0.2, 0.25) is 5.28 Å². The maximum absolute atomic E-state index is 12.0. The molecule has 0 radical (unpaired) electrons. The Kier molecular flexibility index (Phi) is 4.42. The minimum absolute atomic E-state index is 0.0446. The number of aromatic nitrogens is 2. The van der Waals surface area contributed by atoms with Crippen molar-refractivity contribution < 1.29 is 9.59 Å². The Balaban J connectivity index is 2.09. The predicted octanol–water partition coefficient (Wildman–Crippen LogP) is 2.07. The molecule has 1 atom stereocenters. The van der Waals surface area contributed by atoms with E-state index in [4.69, 9.17) is 11.6 Å². The Labute approximate surface area is 120 Å². The summed E-state index contributed by atoms with van der Waals surface area (Å²) in [5.74, 6) is 0.907. The average Bonchev–Trinajstić information content (AvgIpc) is 2.68. The van der Waals surface area contributed by atoms with Crippen molar-refractivity contribution in [2.24, 2.45) is 5.92 Å². The summed E-state index contributed by atoms with van der Waals surface area (Å²) in [5.41, 5.74) is 1.39. The summed E-state index contributed by atoms with van der Waals surface area (Å²) in [7, 11) is 0. The molecule has 102 valence electrons. The van der Waals surface area contributed by atoms with Gasteiger partial charge in [-0.3, -0.25) is 9.59 Å². The highest BCUT2D eigenvalue weighted by Gasteiger charge is 2.32. The molecule has 0 bridgehead atoms. The lowest BCUT2D eigenvalue weighted by atomic mass is 10.1. The summed E-state index contributed by atoms with van der Waals surface area (Å²) >= 11 is 6.97. The van der Waals surface area contributed by atoms with Crippen molar-refractivity contribution in [1.29, 1.82) is 0 Å². The second-order valence-corrected chi connectivity index (χ2v) is 6.02. The number of anilines is 1. The Morgan fingerprint density at radius 1 is 1.63 bits per heavy atom. The van der Waals surface area contributed by atoms with E-state index < -0.39 is 0 Å². The fraction of sp³-hybridized carbons (Fsp3) is 0.500. The lowest BCUT2D eigenvalue weighted by Gasteiger charge is -2.17. The fourth-order valence-corrected chi connectivity index (χ4v) is 2.93. The molecule has 0 spiro atoms. The summed E-state index contributed by atoms with van der Waals surface area (Å²) in [6.07, 6.45) is 2.03. The molecule has 2 heterocycles. The molecule has 0 saturated carbocycles. The summed E-state index contributed by atoms with van der Waals surface area (Å²) in [6.45, 7) is 3.94. The van der Waals surface area contributed by atoms with Gasteiger partial charge in [-0.25, -0.2) is 9.97 Å². The molecule has 1 fully saturated rings. The third-order valence-electron chi connectivity index (χ3n) is 2.94.